The van der Waals surface area contributed by atoms with Gasteiger partial charge in [0.25, 0.3) is 0 Å². The van der Waals surface area contributed by atoms with Crippen LogP contribution in [0.15, 0.2) is 24.3 Å². The second-order valence-corrected chi connectivity index (χ2v) is 7.52. The number of rotatable bonds is 6. The minimum absolute atomic E-state index is 0.0405. The summed E-state index contributed by atoms with van der Waals surface area (Å²) in [7, 11) is 0. The summed E-state index contributed by atoms with van der Waals surface area (Å²) in [5.41, 5.74) is 1.15. The van der Waals surface area contributed by atoms with Crippen LogP contribution in [0.25, 0.3) is 0 Å². The fraction of sp³-hybridized carbons (Fsp3) is 0.500. The van der Waals surface area contributed by atoms with Gasteiger partial charge in [0.15, 0.2) is 0 Å². The van der Waals surface area contributed by atoms with Crippen molar-refractivity contribution in [1.29, 1.82) is 0 Å². The van der Waals surface area contributed by atoms with Crippen molar-refractivity contribution >= 4 is 34.3 Å². The number of unbranched alkanes of at least 4 members (excludes halogenated alkanes) is 1. The number of carbonyl (C=O) groups is 1. The molecule has 8 heteroatoms. The highest BCUT2D eigenvalue weighted by Gasteiger charge is 2.23. The van der Waals surface area contributed by atoms with Gasteiger partial charge in [-0.15, -0.1) is 0 Å². The molecule has 1 aliphatic heterocycles. The van der Waals surface area contributed by atoms with Crippen LogP contribution >= 0.6 is 23.1 Å². The largest absolute Gasteiger partial charge is 0.343 e. The standard InChI is InChI=1S/C18H24ClN5OS/c1-2-3-8-20-17(25)23-9-11-24(12-10-23)18-21-16(22-26-18)13-14-4-6-15(19)7-5-14/h4-7H,2-3,8-13H2,1H3,(H,20,25). The normalized spacial score (nSPS) is 14.5. The van der Waals surface area contributed by atoms with E-state index >= 15 is 0 Å². The molecule has 1 aromatic carbocycles. The highest BCUT2D eigenvalue weighted by molar-refractivity contribution is 7.09. The molecule has 1 N–H and O–H groups in total. The molecule has 0 saturated carbocycles. The molecule has 0 atom stereocenters. The molecule has 1 aromatic heterocycles. The fourth-order valence-corrected chi connectivity index (χ4v) is 3.68. The van der Waals surface area contributed by atoms with Crippen LogP contribution in [0, 0.1) is 0 Å². The van der Waals surface area contributed by atoms with E-state index in [0.717, 1.165) is 54.0 Å². The van der Waals surface area contributed by atoms with Crippen LogP contribution in [0.2, 0.25) is 5.02 Å². The summed E-state index contributed by atoms with van der Waals surface area (Å²) in [6.45, 7) is 5.87. The molecule has 1 fully saturated rings. The van der Waals surface area contributed by atoms with Crippen molar-refractivity contribution in [2.24, 2.45) is 0 Å². The Morgan fingerprint density at radius 2 is 1.96 bits per heavy atom. The van der Waals surface area contributed by atoms with E-state index in [4.69, 9.17) is 11.6 Å². The van der Waals surface area contributed by atoms with Gasteiger partial charge in [0.05, 0.1) is 0 Å². The zero-order valence-electron chi connectivity index (χ0n) is 14.9. The van der Waals surface area contributed by atoms with E-state index in [2.05, 4.69) is 26.5 Å². The number of halogens is 1. The van der Waals surface area contributed by atoms with Crippen molar-refractivity contribution in [3.63, 3.8) is 0 Å². The Hall–Kier alpha value is -1.86. The van der Waals surface area contributed by atoms with Gasteiger partial charge in [-0.1, -0.05) is 37.1 Å². The van der Waals surface area contributed by atoms with Gasteiger partial charge >= 0.3 is 6.03 Å². The summed E-state index contributed by atoms with van der Waals surface area (Å²) in [6, 6.07) is 7.81. The molecule has 140 valence electrons. The van der Waals surface area contributed by atoms with Crippen molar-refractivity contribution in [2.75, 3.05) is 37.6 Å². The summed E-state index contributed by atoms with van der Waals surface area (Å²) in [6.07, 6.45) is 2.81. The lowest BCUT2D eigenvalue weighted by Crippen LogP contribution is -2.52. The van der Waals surface area contributed by atoms with Gasteiger partial charge in [-0.25, -0.2) is 9.78 Å². The maximum atomic E-state index is 12.1. The summed E-state index contributed by atoms with van der Waals surface area (Å²) in [4.78, 5) is 20.9. The molecule has 1 aliphatic rings. The van der Waals surface area contributed by atoms with Gasteiger partial charge in [0.1, 0.15) is 5.82 Å². The second-order valence-electron chi connectivity index (χ2n) is 6.36. The van der Waals surface area contributed by atoms with Gasteiger partial charge in [-0.3, -0.25) is 0 Å². The zero-order valence-corrected chi connectivity index (χ0v) is 16.5. The molecule has 0 aliphatic carbocycles. The van der Waals surface area contributed by atoms with E-state index in [9.17, 15) is 4.79 Å². The average molecular weight is 394 g/mol. The minimum atomic E-state index is 0.0405. The fourth-order valence-electron chi connectivity index (χ4n) is 2.81. The third kappa shape index (κ3) is 5.08. The first-order valence-electron chi connectivity index (χ1n) is 9.00. The van der Waals surface area contributed by atoms with Crippen LogP contribution in [-0.4, -0.2) is 53.0 Å². The molecule has 0 radical (unpaired) electrons. The van der Waals surface area contributed by atoms with Crippen molar-refractivity contribution in [1.82, 2.24) is 19.6 Å². The first-order valence-corrected chi connectivity index (χ1v) is 10.2. The summed E-state index contributed by atoms with van der Waals surface area (Å²) < 4.78 is 4.48. The number of nitrogens with zero attached hydrogens (tertiary/aromatic N) is 4. The SMILES string of the molecule is CCCCNC(=O)N1CCN(c2nc(Cc3ccc(Cl)cc3)ns2)CC1. The van der Waals surface area contributed by atoms with Crippen molar-refractivity contribution in [2.45, 2.75) is 26.2 Å². The molecule has 3 rings (SSSR count). The molecule has 2 amide bonds. The highest BCUT2D eigenvalue weighted by atomic mass is 35.5. The quantitative estimate of drug-likeness (QED) is 0.764. The van der Waals surface area contributed by atoms with E-state index in [0.29, 0.717) is 19.5 Å². The summed E-state index contributed by atoms with van der Waals surface area (Å²) in [5, 5.41) is 4.64. The van der Waals surface area contributed by atoms with E-state index in [1.807, 2.05) is 29.2 Å². The molecule has 26 heavy (non-hydrogen) atoms. The maximum absolute atomic E-state index is 12.1. The Labute approximate surface area is 163 Å². The molecule has 1 saturated heterocycles. The van der Waals surface area contributed by atoms with Gasteiger partial charge in [-0.05, 0) is 24.1 Å². The van der Waals surface area contributed by atoms with Gasteiger partial charge < -0.3 is 15.1 Å². The molecule has 2 aromatic rings. The third-order valence-corrected chi connectivity index (χ3v) is 5.44. The van der Waals surface area contributed by atoms with Crippen molar-refractivity contribution in [3.05, 3.63) is 40.7 Å². The van der Waals surface area contributed by atoms with E-state index in [-0.39, 0.29) is 6.03 Å². The number of hydrogen-bond donors (Lipinski definition) is 1. The van der Waals surface area contributed by atoms with Crippen LogP contribution in [0.4, 0.5) is 9.93 Å². The number of amides is 2. The van der Waals surface area contributed by atoms with Crippen molar-refractivity contribution < 1.29 is 4.79 Å². The maximum Gasteiger partial charge on any atom is 0.317 e. The van der Waals surface area contributed by atoms with Gasteiger partial charge in [0.2, 0.25) is 5.13 Å². The van der Waals surface area contributed by atoms with Crippen LogP contribution in [0.5, 0.6) is 0 Å². The molecule has 6 nitrogen and oxygen atoms in total. The monoisotopic (exact) mass is 393 g/mol. The Kier molecular flexibility index (Phi) is 6.68. The van der Waals surface area contributed by atoms with Crippen LogP contribution in [-0.2, 0) is 6.42 Å². The van der Waals surface area contributed by atoms with Gasteiger partial charge in [-0.2, -0.15) is 4.37 Å². The molecule has 0 spiro atoms. The molecule has 0 unspecified atom stereocenters. The number of aromatic nitrogens is 2. The third-order valence-electron chi connectivity index (χ3n) is 4.38. The average Bonchev–Trinajstić information content (AvgIpc) is 3.12. The lowest BCUT2D eigenvalue weighted by atomic mass is 10.1. The number of anilines is 1. The molecular formula is C18H24ClN5OS. The predicted molar refractivity (Wildman–Crippen MR) is 106 cm³/mol. The summed E-state index contributed by atoms with van der Waals surface area (Å²) in [5.74, 6) is 0.826. The van der Waals surface area contributed by atoms with Crippen LogP contribution in [0.3, 0.4) is 0 Å². The second kappa shape index (κ2) is 9.19. The lowest BCUT2D eigenvalue weighted by molar-refractivity contribution is 0.194. The smallest absolute Gasteiger partial charge is 0.317 e. The highest BCUT2D eigenvalue weighted by Crippen LogP contribution is 2.21. The van der Waals surface area contributed by atoms with E-state index < -0.39 is 0 Å². The molecule has 0 bridgehead atoms. The number of urea groups is 1. The minimum Gasteiger partial charge on any atom is -0.343 e. The first kappa shape index (κ1) is 18.9. The van der Waals surface area contributed by atoms with Crippen molar-refractivity contribution in [3.8, 4) is 0 Å². The number of nitrogens with one attached hydrogen (secondary N) is 1. The Morgan fingerprint density at radius 3 is 2.65 bits per heavy atom. The topological polar surface area (TPSA) is 61.4 Å². The van der Waals surface area contributed by atoms with Gasteiger partial charge in [0, 0.05) is 55.7 Å². The Morgan fingerprint density at radius 1 is 1.23 bits per heavy atom. The van der Waals surface area contributed by atoms with E-state index in [1.54, 1.807) is 0 Å². The number of piperazine rings is 1. The molecular weight excluding hydrogens is 370 g/mol. The predicted octanol–water partition coefficient (Wildman–Crippen LogP) is 3.41. The zero-order chi connectivity index (χ0) is 18.4. The number of benzene rings is 1. The number of carbonyl (C=O) groups excluding carboxylic acids is 1. The Bertz CT molecular complexity index is 713. The van der Waals surface area contributed by atoms with Crippen LogP contribution in [0.1, 0.15) is 31.2 Å². The molecule has 2 heterocycles. The van der Waals surface area contributed by atoms with E-state index in [1.165, 1.54) is 11.5 Å². The summed E-state index contributed by atoms with van der Waals surface area (Å²) >= 11 is 7.35. The Balaban J connectivity index is 1.50. The van der Waals surface area contributed by atoms with Crippen LogP contribution < -0.4 is 10.2 Å². The number of hydrogen-bond acceptors (Lipinski definition) is 5. The first-order chi connectivity index (χ1) is 12.7. The lowest BCUT2D eigenvalue weighted by Gasteiger charge is -2.34.